The highest BCUT2D eigenvalue weighted by atomic mass is 16.5. The molecule has 0 aliphatic heterocycles. The minimum atomic E-state index is 0.551. The second-order valence-electron chi connectivity index (χ2n) is 5.36. The number of rotatable bonds is 10. The van der Waals surface area contributed by atoms with Gasteiger partial charge in [-0.2, -0.15) is 0 Å². The van der Waals surface area contributed by atoms with Crippen LogP contribution in [0.1, 0.15) is 0 Å². The first-order valence-electron chi connectivity index (χ1n) is 7.98. The predicted octanol–water partition coefficient (Wildman–Crippen LogP) is 2.80. The van der Waals surface area contributed by atoms with Gasteiger partial charge < -0.3 is 20.9 Å². The number of benzene rings is 2. The van der Waals surface area contributed by atoms with Crippen molar-refractivity contribution in [2.75, 3.05) is 44.3 Å². The van der Waals surface area contributed by atoms with Gasteiger partial charge in [0.25, 0.3) is 0 Å². The molecule has 4 N–H and O–H groups in total. The molecule has 0 atom stereocenters. The van der Waals surface area contributed by atoms with E-state index >= 15 is 0 Å². The first-order valence-corrected chi connectivity index (χ1v) is 7.98. The first kappa shape index (κ1) is 17.7. The van der Waals surface area contributed by atoms with Crippen molar-refractivity contribution in [2.45, 2.75) is 0 Å². The summed E-state index contributed by atoms with van der Waals surface area (Å²) in [6, 6.07) is 15.0. The zero-order chi connectivity index (χ0) is 17.2. The van der Waals surface area contributed by atoms with E-state index in [1.807, 2.05) is 54.6 Å². The molecule has 0 fully saturated rings. The van der Waals surface area contributed by atoms with E-state index < -0.39 is 0 Å². The largest absolute Gasteiger partial charge is 0.490 e. The first-order chi connectivity index (χ1) is 11.7. The molecule has 0 unspecified atom stereocenters. The van der Waals surface area contributed by atoms with Gasteiger partial charge in [0.15, 0.2) is 0 Å². The molecular formula is C19H25N3O2. The Hall–Kier alpha value is -2.66. The van der Waals surface area contributed by atoms with Gasteiger partial charge >= 0.3 is 0 Å². The fourth-order valence-corrected chi connectivity index (χ4v) is 2.27. The summed E-state index contributed by atoms with van der Waals surface area (Å²) >= 11 is 0. The molecule has 0 aliphatic rings. The molecule has 0 bridgehead atoms. The number of anilines is 2. The molecule has 5 nitrogen and oxygen atoms in total. The summed E-state index contributed by atoms with van der Waals surface area (Å²) in [4.78, 5) is 2.20. The van der Waals surface area contributed by atoms with Gasteiger partial charge in [0.05, 0.1) is 11.4 Å². The molecule has 24 heavy (non-hydrogen) atoms. The van der Waals surface area contributed by atoms with Gasteiger partial charge in [-0.3, -0.25) is 4.90 Å². The van der Waals surface area contributed by atoms with Crippen LogP contribution in [-0.4, -0.2) is 37.7 Å². The van der Waals surface area contributed by atoms with Gasteiger partial charge in [0.1, 0.15) is 24.7 Å². The molecule has 0 saturated heterocycles. The molecule has 5 heteroatoms. The lowest BCUT2D eigenvalue weighted by Crippen LogP contribution is -2.32. The summed E-state index contributed by atoms with van der Waals surface area (Å²) in [7, 11) is 0. The summed E-state index contributed by atoms with van der Waals surface area (Å²) in [5.74, 6) is 1.42. The maximum absolute atomic E-state index is 5.87. The van der Waals surface area contributed by atoms with Crippen molar-refractivity contribution in [2.24, 2.45) is 0 Å². The fraction of sp³-hybridized carbons (Fsp3) is 0.263. The number of nitrogens with zero attached hydrogens (tertiary/aromatic N) is 1. The molecule has 0 spiro atoms. The zero-order valence-electron chi connectivity index (χ0n) is 13.9. The van der Waals surface area contributed by atoms with E-state index in [2.05, 4.69) is 11.5 Å². The molecule has 0 heterocycles. The average Bonchev–Trinajstić information content (AvgIpc) is 2.58. The monoisotopic (exact) mass is 327 g/mol. The molecule has 0 saturated carbocycles. The average molecular weight is 327 g/mol. The Morgan fingerprint density at radius 2 is 1.29 bits per heavy atom. The van der Waals surface area contributed by atoms with Crippen molar-refractivity contribution in [3.8, 4) is 11.5 Å². The van der Waals surface area contributed by atoms with Crippen molar-refractivity contribution in [3.63, 3.8) is 0 Å². The summed E-state index contributed by atoms with van der Waals surface area (Å²) in [6.45, 7) is 7.18. The van der Waals surface area contributed by atoms with Crippen LogP contribution in [0.4, 0.5) is 11.4 Å². The second kappa shape index (κ2) is 9.47. The molecule has 0 aliphatic carbocycles. The Kier molecular flexibility index (Phi) is 6.98. The van der Waals surface area contributed by atoms with Crippen LogP contribution in [0.2, 0.25) is 0 Å². The smallest absolute Gasteiger partial charge is 0.142 e. The summed E-state index contributed by atoms with van der Waals surface area (Å²) < 4.78 is 11.5. The van der Waals surface area contributed by atoms with Gasteiger partial charge in [-0.05, 0) is 24.3 Å². The summed E-state index contributed by atoms with van der Waals surface area (Å²) in [5.41, 5.74) is 13.0. The SMILES string of the molecule is C=CCN(CCOc1ccccc1N)CCOc1ccccc1N. The van der Waals surface area contributed by atoms with Crippen LogP contribution < -0.4 is 20.9 Å². The maximum Gasteiger partial charge on any atom is 0.142 e. The topological polar surface area (TPSA) is 73.7 Å². The molecule has 2 aromatic carbocycles. The van der Waals surface area contributed by atoms with E-state index in [4.69, 9.17) is 20.9 Å². The van der Waals surface area contributed by atoms with Crippen LogP contribution in [0.25, 0.3) is 0 Å². The Labute approximate surface area is 143 Å². The highest BCUT2D eigenvalue weighted by Crippen LogP contribution is 2.20. The Morgan fingerprint density at radius 1 is 0.833 bits per heavy atom. The van der Waals surface area contributed by atoms with E-state index in [0.29, 0.717) is 36.1 Å². The standard InChI is InChI=1S/C19H25N3O2/c1-2-11-22(12-14-23-18-9-5-3-7-16(18)20)13-15-24-19-10-6-4-8-17(19)21/h2-10H,1,11-15,20-21H2. The number of ether oxygens (including phenoxy) is 2. The van der Waals surface area contributed by atoms with Crippen LogP contribution >= 0.6 is 0 Å². The van der Waals surface area contributed by atoms with Crippen LogP contribution in [-0.2, 0) is 0 Å². The Morgan fingerprint density at radius 3 is 1.71 bits per heavy atom. The third-order valence-corrected chi connectivity index (χ3v) is 3.56. The van der Waals surface area contributed by atoms with Gasteiger partial charge in [-0.25, -0.2) is 0 Å². The number of nitrogens with two attached hydrogens (primary N) is 2. The minimum Gasteiger partial charge on any atom is -0.490 e. The molecule has 0 aromatic heterocycles. The molecule has 128 valence electrons. The van der Waals surface area contributed by atoms with Crippen LogP contribution in [0.3, 0.4) is 0 Å². The minimum absolute atomic E-state index is 0.551. The third-order valence-electron chi connectivity index (χ3n) is 3.56. The van der Waals surface area contributed by atoms with E-state index in [-0.39, 0.29) is 0 Å². The van der Waals surface area contributed by atoms with Crippen LogP contribution in [0.5, 0.6) is 11.5 Å². The number of para-hydroxylation sites is 4. The summed E-state index contributed by atoms with van der Waals surface area (Å²) in [6.07, 6.45) is 1.87. The molecule has 2 aromatic rings. The quantitative estimate of drug-likeness (QED) is 0.518. The maximum atomic E-state index is 5.87. The third kappa shape index (κ3) is 5.52. The summed E-state index contributed by atoms with van der Waals surface area (Å²) in [5, 5.41) is 0. The lowest BCUT2D eigenvalue weighted by Gasteiger charge is -2.21. The van der Waals surface area contributed by atoms with Crippen molar-refractivity contribution >= 4 is 11.4 Å². The second-order valence-corrected chi connectivity index (χ2v) is 5.36. The normalized spacial score (nSPS) is 10.5. The number of nitrogen functional groups attached to an aromatic ring is 2. The van der Waals surface area contributed by atoms with Gasteiger partial charge in [-0.15, -0.1) is 6.58 Å². The van der Waals surface area contributed by atoms with Crippen molar-refractivity contribution in [1.29, 1.82) is 0 Å². The van der Waals surface area contributed by atoms with Crippen LogP contribution in [0.15, 0.2) is 61.2 Å². The van der Waals surface area contributed by atoms with E-state index in [0.717, 1.165) is 19.6 Å². The van der Waals surface area contributed by atoms with E-state index in [9.17, 15) is 0 Å². The molecule has 0 radical (unpaired) electrons. The highest BCUT2D eigenvalue weighted by molar-refractivity contribution is 5.52. The highest BCUT2D eigenvalue weighted by Gasteiger charge is 2.06. The van der Waals surface area contributed by atoms with Crippen molar-refractivity contribution in [3.05, 3.63) is 61.2 Å². The van der Waals surface area contributed by atoms with E-state index in [1.54, 1.807) is 0 Å². The number of hydrogen-bond acceptors (Lipinski definition) is 5. The predicted molar refractivity (Wildman–Crippen MR) is 99.3 cm³/mol. The Balaban J connectivity index is 1.76. The fourth-order valence-electron chi connectivity index (χ4n) is 2.27. The van der Waals surface area contributed by atoms with E-state index in [1.165, 1.54) is 0 Å². The lowest BCUT2D eigenvalue weighted by atomic mass is 10.3. The van der Waals surface area contributed by atoms with Gasteiger partial charge in [0, 0.05) is 19.6 Å². The van der Waals surface area contributed by atoms with Crippen molar-refractivity contribution in [1.82, 2.24) is 4.90 Å². The van der Waals surface area contributed by atoms with Gasteiger partial charge in [-0.1, -0.05) is 30.3 Å². The number of hydrogen-bond donors (Lipinski definition) is 2. The Bertz CT molecular complexity index is 595. The van der Waals surface area contributed by atoms with Gasteiger partial charge in [0.2, 0.25) is 0 Å². The molecule has 2 rings (SSSR count). The van der Waals surface area contributed by atoms with Crippen LogP contribution in [0, 0.1) is 0 Å². The lowest BCUT2D eigenvalue weighted by molar-refractivity contribution is 0.189. The molecule has 0 amide bonds. The van der Waals surface area contributed by atoms with Crippen molar-refractivity contribution < 1.29 is 9.47 Å². The molecular weight excluding hydrogens is 302 g/mol. The zero-order valence-corrected chi connectivity index (χ0v) is 13.9.